The zero-order valence-corrected chi connectivity index (χ0v) is 9.98. The maximum absolute atomic E-state index is 12.0. The average Bonchev–Trinajstić information content (AvgIpc) is 2.09. The van der Waals surface area contributed by atoms with E-state index in [1.165, 1.54) is 0 Å². The maximum atomic E-state index is 12.0. The van der Waals surface area contributed by atoms with Crippen LogP contribution in [0.4, 0.5) is 13.2 Å². The van der Waals surface area contributed by atoms with Crippen LogP contribution in [0.2, 0.25) is 0 Å². The van der Waals surface area contributed by atoms with E-state index in [0.717, 1.165) is 6.08 Å². The molecular weight excluding hydrogens is 261 g/mol. The summed E-state index contributed by atoms with van der Waals surface area (Å²) < 4.78 is 61.3. The van der Waals surface area contributed by atoms with Gasteiger partial charge in [-0.3, -0.25) is 4.79 Å². The number of carbonyl (C=O) groups excluding carboxylic acids is 1. The van der Waals surface area contributed by atoms with Gasteiger partial charge in [-0.1, -0.05) is 13.8 Å². The molecule has 17 heavy (non-hydrogen) atoms. The van der Waals surface area contributed by atoms with Gasteiger partial charge in [0.05, 0.1) is 0 Å². The number of halogens is 3. The Bertz CT molecular complexity index is 459. The fourth-order valence-electron chi connectivity index (χ4n) is 1.23. The molecule has 0 heterocycles. The van der Waals surface area contributed by atoms with E-state index in [2.05, 4.69) is 4.18 Å². The summed E-state index contributed by atoms with van der Waals surface area (Å²) in [5.41, 5.74) is -6.18. The molecule has 0 bridgehead atoms. The van der Waals surface area contributed by atoms with E-state index < -0.39 is 32.6 Å². The molecule has 8 heteroatoms. The Balaban J connectivity index is 2.91. The van der Waals surface area contributed by atoms with Crippen LogP contribution in [0.25, 0.3) is 0 Å². The van der Waals surface area contributed by atoms with Crippen LogP contribution < -0.4 is 0 Å². The van der Waals surface area contributed by atoms with Crippen molar-refractivity contribution in [3.63, 3.8) is 0 Å². The predicted molar refractivity (Wildman–Crippen MR) is 52.2 cm³/mol. The van der Waals surface area contributed by atoms with E-state index in [1.807, 2.05) is 0 Å². The first-order valence-electron chi connectivity index (χ1n) is 4.71. The van der Waals surface area contributed by atoms with Crippen LogP contribution in [0, 0.1) is 5.41 Å². The lowest BCUT2D eigenvalue weighted by Crippen LogP contribution is -2.30. The standard InChI is InChI=1S/C9H11F3O4S/c1-8(2)4-3-6(5-7(8)13)16-17(14,15)9(10,11)12/h5H,3-4H2,1-2H3. The Morgan fingerprint density at radius 1 is 1.35 bits per heavy atom. The molecule has 0 spiro atoms. The summed E-state index contributed by atoms with van der Waals surface area (Å²) in [7, 11) is -5.68. The van der Waals surface area contributed by atoms with Crippen LogP contribution in [-0.4, -0.2) is 19.7 Å². The van der Waals surface area contributed by atoms with E-state index in [4.69, 9.17) is 0 Å². The first kappa shape index (κ1) is 14.0. The molecule has 0 N–H and O–H groups in total. The third-order valence-corrected chi connectivity index (χ3v) is 3.46. The van der Waals surface area contributed by atoms with Crippen LogP contribution >= 0.6 is 0 Å². The SMILES string of the molecule is CC1(C)CCC(OS(=O)(=O)C(F)(F)F)=CC1=O. The van der Waals surface area contributed by atoms with Gasteiger partial charge in [-0.15, -0.1) is 0 Å². The summed E-state index contributed by atoms with van der Waals surface area (Å²) in [5, 5.41) is 0. The minimum absolute atomic E-state index is 0.0198. The Kier molecular flexibility index (Phi) is 3.30. The van der Waals surface area contributed by atoms with E-state index in [1.54, 1.807) is 13.8 Å². The number of carbonyl (C=O) groups is 1. The van der Waals surface area contributed by atoms with Crippen LogP contribution in [0.1, 0.15) is 26.7 Å². The van der Waals surface area contributed by atoms with Crippen LogP contribution in [0.3, 0.4) is 0 Å². The Labute approximate surface area is 96.6 Å². The van der Waals surface area contributed by atoms with Gasteiger partial charge in [0, 0.05) is 17.9 Å². The number of hydrogen-bond donors (Lipinski definition) is 0. The summed E-state index contributed by atoms with van der Waals surface area (Å²) in [5.74, 6) is -0.914. The van der Waals surface area contributed by atoms with Crippen molar-refractivity contribution in [2.45, 2.75) is 32.2 Å². The van der Waals surface area contributed by atoms with Gasteiger partial charge in [0.2, 0.25) is 0 Å². The molecule has 0 aromatic heterocycles. The lowest BCUT2D eigenvalue weighted by atomic mass is 9.79. The molecule has 0 saturated heterocycles. The van der Waals surface area contributed by atoms with Gasteiger partial charge < -0.3 is 4.18 Å². The van der Waals surface area contributed by atoms with Crippen molar-refractivity contribution in [2.24, 2.45) is 5.41 Å². The van der Waals surface area contributed by atoms with Crippen LogP contribution in [-0.2, 0) is 19.1 Å². The molecule has 0 radical (unpaired) electrons. The predicted octanol–water partition coefficient (Wildman–Crippen LogP) is 2.13. The molecule has 0 aliphatic heterocycles. The molecule has 0 aromatic carbocycles. The van der Waals surface area contributed by atoms with Crippen molar-refractivity contribution < 1.29 is 30.6 Å². The molecule has 4 nitrogen and oxygen atoms in total. The quantitative estimate of drug-likeness (QED) is 0.570. The number of alkyl halides is 3. The highest BCUT2D eigenvalue weighted by molar-refractivity contribution is 7.87. The molecule has 0 atom stereocenters. The number of ketones is 1. The zero-order chi connectivity index (χ0) is 13.5. The summed E-state index contributed by atoms with van der Waals surface area (Å²) in [4.78, 5) is 11.4. The molecule has 0 unspecified atom stereocenters. The van der Waals surface area contributed by atoms with Gasteiger partial charge in [0.15, 0.2) is 5.78 Å². The first-order chi connectivity index (χ1) is 7.46. The van der Waals surface area contributed by atoms with Gasteiger partial charge in [-0.25, -0.2) is 0 Å². The summed E-state index contributed by atoms with van der Waals surface area (Å²) in [6.45, 7) is 3.25. The topological polar surface area (TPSA) is 60.4 Å². The molecule has 1 aliphatic rings. The minimum atomic E-state index is -5.68. The molecule has 0 fully saturated rings. The van der Waals surface area contributed by atoms with E-state index >= 15 is 0 Å². The van der Waals surface area contributed by atoms with E-state index in [-0.39, 0.29) is 12.8 Å². The fourth-order valence-corrected chi connectivity index (χ4v) is 1.73. The van der Waals surface area contributed by atoms with Gasteiger partial charge in [0.1, 0.15) is 5.76 Å². The molecule has 98 valence electrons. The van der Waals surface area contributed by atoms with Crippen LogP contribution in [0.15, 0.2) is 11.8 Å². The van der Waals surface area contributed by atoms with E-state index in [0.29, 0.717) is 0 Å². The number of hydrogen-bond acceptors (Lipinski definition) is 4. The lowest BCUT2D eigenvalue weighted by Gasteiger charge is -2.26. The van der Waals surface area contributed by atoms with Crippen molar-refractivity contribution in [1.82, 2.24) is 0 Å². The normalized spacial score (nSPS) is 21.0. The number of rotatable bonds is 2. The van der Waals surface area contributed by atoms with Crippen molar-refractivity contribution >= 4 is 15.9 Å². The Morgan fingerprint density at radius 3 is 2.29 bits per heavy atom. The molecule has 0 amide bonds. The second-order valence-corrected chi connectivity index (χ2v) is 5.88. The average molecular weight is 272 g/mol. The largest absolute Gasteiger partial charge is 0.534 e. The van der Waals surface area contributed by atoms with Gasteiger partial charge in [-0.2, -0.15) is 21.6 Å². The summed E-state index contributed by atoms with van der Waals surface area (Å²) in [6.07, 6.45) is 1.03. The molecule has 0 aromatic rings. The second-order valence-electron chi connectivity index (χ2n) is 4.34. The van der Waals surface area contributed by atoms with Gasteiger partial charge in [0.25, 0.3) is 0 Å². The highest BCUT2D eigenvalue weighted by atomic mass is 32.2. The van der Waals surface area contributed by atoms with Gasteiger partial charge >= 0.3 is 15.6 Å². The van der Waals surface area contributed by atoms with Crippen molar-refractivity contribution in [1.29, 1.82) is 0 Å². The minimum Gasteiger partial charge on any atom is -0.380 e. The molecule has 1 rings (SSSR count). The third-order valence-electron chi connectivity index (χ3n) is 2.46. The third kappa shape index (κ3) is 2.99. The van der Waals surface area contributed by atoms with Crippen molar-refractivity contribution in [3.8, 4) is 0 Å². The zero-order valence-electron chi connectivity index (χ0n) is 9.17. The summed E-state index contributed by atoms with van der Waals surface area (Å²) >= 11 is 0. The first-order valence-corrected chi connectivity index (χ1v) is 6.12. The lowest BCUT2D eigenvalue weighted by molar-refractivity contribution is -0.123. The smallest absolute Gasteiger partial charge is 0.380 e. The maximum Gasteiger partial charge on any atom is 0.534 e. The highest BCUT2D eigenvalue weighted by Crippen LogP contribution is 2.34. The fraction of sp³-hybridized carbons (Fsp3) is 0.667. The molecule has 1 aliphatic carbocycles. The van der Waals surface area contributed by atoms with Crippen molar-refractivity contribution in [3.05, 3.63) is 11.8 Å². The Morgan fingerprint density at radius 2 is 1.88 bits per heavy atom. The highest BCUT2D eigenvalue weighted by Gasteiger charge is 2.49. The number of allylic oxidation sites excluding steroid dienone is 2. The summed E-state index contributed by atoms with van der Waals surface area (Å²) in [6, 6.07) is 0. The van der Waals surface area contributed by atoms with Crippen LogP contribution in [0.5, 0.6) is 0 Å². The second kappa shape index (κ2) is 4.01. The molecular formula is C9H11F3O4S. The van der Waals surface area contributed by atoms with Crippen molar-refractivity contribution in [2.75, 3.05) is 0 Å². The van der Waals surface area contributed by atoms with E-state index in [9.17, 15) is 26.4 Å². The monoisotopic (exact) mass is 272 g/mol. The Hall–Kier alpha value is -1.05. The van der Waals surface area contributed by atoms with Gasteiger partial charge in [-0.05, 0) is 6.42 Å². The molecule has 0 saturated carbocycles.